The van der Waals surface area contributed by atoms with E-state index in [4.69, 9.17) is 5.11 Å². The van der Waals surface area contributed by atoms with Crippen molar-refractivity contribution in [2.45, 2.75) is 18.6 Å². The summed E-state index contributed by atoms with van der Waals surface area (Å²) >= 11 is 0. The number of nitro benzene ring substituents is 1. The molecule has 1 aliphatic rings. The summed E-state index contributed by atoms with van der Waals surface area (Å²) in [4.78, 5) is 21.5. The second kappa shape index (κ2) is 5.70. The molecule has 0 aliphatic carbocycles. The maximum atomic E-state index is 12.9. The summed E-state index contributed by atoms with van der Waals surface area (Å²) in [7, 11) is 0. The molecule has 10 heteroatoms. The van der Waals surface area contributed by atoms with Crippen molar-refractivity contribution in [1.29, 1.82) is 0 Å². The Bertz CT molecular complexity index is 606. The Morgan fingerprint density at radius 1 is 1.45 bits per heavy atom. The van der Waals surface area contributed by atoms with Crippen molar-refractivity contribution in [1.82, 2.24) is 4.90 Å². The zero-order valence-electron chi connectivity index (χ0n) is 11.1. The first-order valence-corrected chi connectivity index (χ1v) is 6.28. The molecule has 0 spiro atoms. The molecule has 0 aromatic heterocycles. The number of amides is 1. The summed E-state index contributed by atoms with van der Waals surface area (Å²) in [6.07, 6.45) is -5.49. The number of benzene rings is 1. The fraction of sp³-hybridized carbons (Fsp3) is 0.417. The molecule has 1 atom stereocenters. The minimum Gasteiger partial charge on any atom is -0.465 e. The molecule has 0 unspecified atom stereocenters. The third-order valence-corrected chi connectivity index (χ3v) is 3.33. The Balaban J connectivity index is 2.20. The Kier molecular flexibility index (Phi) is 4.11. The molecule has 1 heterocycles. The van der Waals surface area contributed by atoms with Gasteiger partial charge < -0.3 is 15.3 Å². The lowest BCUT2D eigenvalue weighted by Gasteiger charge is -2.16. The van der Waals surface area contributed by atoms with Crippen LogP contribution in [0.25, 0.3) is 0 Å². The van der Waals surface area contributed by atoms with Crippen molar-refractivity contribution < 1.29 is 28.0 Å². The Hall–Kier alpha value is -2.52. The first-order chi connectivity index (χ1) is 10.2. The van der Waals surface area contributed by atoms with Crippen LogP contribution >= 0.6 is 0 Å². The summed E-state index contributed by atoms with van der Waals surface area (Å²) in [5, 5.41) is 22.3. The number of hydrogen-bond donors (Lipinski definition) is 2. The number of halogens is 3. The van der Waals surface area contributed by atoms with Crippen molar-refractivity contribution in [3.8, 4) is 0 Å². The average molecular weight is 319 g/mol. The van der Waals surface area contributed by atoms with E-state index in [0.717, 1.165) is 11.0 Å². The smallest absolute Gasteiger partial charge is 0.423 e. The van der Waals surface area contributed by atoms with E-state index in [1.165, 1.54) is 6.07 Å². The molecular weight excluding hydrogens is 307 g/mol. The molecule has 1 aromatic rings. The van der Waals surface area contributed by atoms with Gasteiger partial charge in [-0.2, -0.15) is 13.2 Å². The number of nitro groups is 1. The molecule has 2 N–H and O–H groups in total. The largest absolute Gasteiger partial charge is 0.465 e. The molecule has 22 heavy (non-hydrogen) atoms. The minimum atomic E-state index is -4.84. The van der Waals surface area contributed by atoms with Crippen LogP contribution in [0, 0.1) is 10.1 Å². The summed E-state index contributed by atoms with van der Waals surface area (Å²) in [6.45, 7) is 0.430. The minimum absolute atomic E-state index is 0.0650. The number of carbonyl (C=O) groups is 1. The van der Waals surface area contributed by atoms with Crippen LogP contribution in [0.1, 0.15) is 12.0 Å². The molecule has 0 bridgehead atoms. The van der Waals surface area contributed by atoms with E-state index in [1.54, 1.807) is 0 Å². The fourth-order valence-corrected chi connectivity index (χ4v) is 2.30. The van der Waals surface area contributed by atoms with Crippen molar-refractivity contribution in [2.75, 3.05) is 18.4 Å². The average Bonchev–Trinajstić information content (AvgIpc) is 2.86. The molecule has 1 amide bonds. The van der Waals surface area contributed by atoms with Crippen molar-refractivity contribution in [2.24, 2.45) is 0 Å². The molecule has 1 saturated heterocycles. The summed E-state index contributed by atoms with van der Waals surface area (Å²) in [6, 6.07) is 2.30. The third kappa shape index (κ3) is 3.38. The SMILES string of the molecule is O=C(O)N1CC[C@H](Nc2ccc([N+](=O)[O-])c(C(F)(F)F)c2)C1. The number of alkyl halides is 3. The van der Waals surface area contributed by atoms with Gasteiger partial charge in [0.15, 0.2) is 0 Å². The maximum Gasteiger partial charge on any atom is 0.423 e. The van der Waals surface area contributed by atoms with Crippen LogP contribution in [0.15, 0.2) is 18.2 Å². The monoisotopic (exact) mass is 319 g/mol. The van der Waals surface area contributed by atoms with Gasteiger partial charge in [-0.3, -0.25) is 10.1 Å². The fourth-order valence-electron chi connectivity index (χ4n) is 2.30. The van der Waals surface area contributed by atoms with Crippen molar-refractivity contribution in [3.63, 3.8) is 0 Å². The first kappa shape index (κ1) is 15.9. The van der Waals surface area contributed by atoms with E-state index in [0.29, 0.717) is 12.5 Å². The van der Waals surface area contributed by atoms with Gasteiger partial charge in [0.1, 0.15) is 5.56 Å². The zero-order valence-corrected chi connectivity index (χ0v) is 11.1. The lowest BCUT2D eigenvalue weighted by Crippen LogP contribution is -2.30. The van der Waals surface area contributed by atoms with E-state index in [1.807, 2.05) is 0 Å². The Morgan fingerprint density at radius 2 is 2.14 bits per heavy atom. The molecule has 0 radical (unpaired) electrons. The molecule has 2 rings (SSSR count). The van der Waals surface area contributed by atoms with Gasteiger partial charge in [0.2, 0.25) is 0 Å². The highest BCUT2D eigenvalue weighted by Gasteiger charge is 2.38. The highest BCUT2D eigenvalue weighted by atomic mass is 19.4. The number of carboxylic acid groups (broad SMARTS) is 1. The highest BCUT2D eigenvalue weighted by molar-refractivity contribution is 5.65. The molecule has 7 nitrogen and oxygen atoms in total. The van der Waals surface area contributed by atoms with Crippen LogP contribution in [-0.2, 0) is 6.18 Å². The van der Waals surface area contributed by atoms with Gasteiger partial charge in [-0.05, 0) is 18.6 Å². The maximum absolute atomic E-state index is 12.9. The number of hydrogen-bond acceptors (Lipinski definition) is 4. The predicted molar refractivity (Wildman–Crippen MR) is 69.7 cm³/mol. The van der Waals surface area contributed by atoms with Gasteiger partial charge in [0.05, 0.1) is 4.92 Å². The van der Waals surface area contributed by atoms with Crippen LogP contribution in [0.5, 0.6) is 0 Å². The Labute approximate surface area is 122 Å². The molecular formula is C12H12F3N3O4. The van der Waals surface area contributed by atoms with E-state index in [9.17, 15) is 28.1 Å². The van der Waals surface area contributed by atoms with Gasteiger partial charge in [-0.25, -0.2) is 4.79 Å². The van der Waals surface area contributed by atoms with Gasteiger partial charge in [0, 0.05) is 30.9 Å². The molecule has 120 valence electrons. The first-order valence-electron chi connectivity index (χ1n) is 6.28. The number of anilines is 1. The molecule has 1 fully saturated rings. The predicted octanol–water partition coefficient (Wildman–Crippen LogP) is 2.78. The van der Waals surface area contributed by atoms with E-state index < -0.39 is 28.4 Å². The zero-order chi connectivity index (χ0) is 16.5. The normalized spacial score (nSPS) is 18.3. The molecule has 1 aliphatic heterocycles. The van der Waals surface area contributed by atoms with Crippen molar-refractivity contribution >= 4 is 17.5 Å². The van der Waals surface area contributed by atoms with E-state index in [2.05, 4.69) is 5.32 Å². The van der Waals surface area contributed by atoms with Crippen LogP contribution in [0.3, 0.4) is 0 Å². The van der Waals surface area contributed by atoms with Crippen molar-refractivity contribution in [3.05, 3.63) is 33.9 Å². The number of likely N-dealkylation sites (tertiary alicyclic amines) is 1. The lowest BCUT2D eigenvalue weighted by atomic mass is 10.1. The van der Waals surface area contributed by atoms with E-state index in [-0.39, 0.29) is 24.8 Å². The van der Waals surface area contributed by atoms with E-state index >= 15 is 0 Å². The second-order valence-corrected chi connectivity index (χ2v) is 4.85. The third-order valence-electron chi connectivity index (χ3n) is 3.33. The Morgan fingerprint density at radius 3 is 2.64 bits per heavy atom. The number of rotatable bonds is 3. The van der Waals surface area contributed by atoms with Crippen LogP contribution in [0.4, 0.5) is 29.3 Å². The van der Waals surface area contributed by atoms with Crippen LogP contribution in [0.2, 0.25) is 0 Å². The van der Waals surface area contributed by atoms with Crippen LogP contribution in [-0.4, -0.2) is 40.2 Å². The summed E-state index contributed by atoms with van der Waals surface area (Å²) in [5.74, 6) is 0. The summed E-state index contributed by atoms with van der Waals surface area (Å²) in [5.41, 5.74) is -2.29. The molecule has 1 aromatic carbocycles. The highest BCUT2D eigenvalue weighted by Crippen LogP contribution is 2.37. The number of nitrogens with zero attached hydrogens (tertiary/aromatic N) is 2. The van der Waals surface area contributed by atoms with Gasteiger partial charge in [-0.15, -0.1) is 0 Å². The van der Waals surface area contributed by atoms with Gasteiger partial charge in [0.25, 0.3) is 5.69 Å². The molecule has 0 saturated carbocycles. The quantitative estimate of drug-likeness (QED) is 0.660. The van der Waals surface area contributed by atoms with Crippen LogP contribution < -0.4 is 5.32 Å². The number of nitrogens with one attached hydrogen (secondary N) is 1. The van der Waals surface area contributed by atoms with Gasteiger partial charge in [-0.1, -0.05) is 0 Å². The lowest BCUT2D eigenvalue weighted by molar-refractivity contribution is -0.388. The standard InChI is InChI=1S/C12H12F3N3O4/c13-12(14,15)9-5-7(1-2-10(9)18(21)22)16-8-3-4-17(6-8)11(19)20/h1-2,5,8,16H,3-4,6H2,(H,19,20)/t8-/m0/s1. The topological polar surface area (TPSA) is 95.7 Å². The van der Waals surface area contributed by atoms with Gasteiger partial charge >= 0.3 is 12.3 Å². The second-order valence-electron chi connectivity index (χ2n) is 4.85. The summed E-state index contributed by atoms with van der Waals surface area (Å²) < 4.78 is 38.6.